The molecule has 16 heteroatoms. The van der Waals surface area contributed by atoms with Gasteiger partial charge < -0.3 is 34.8 Å². The number of amides is 2. The molecule has 0 unspecified atom stereocenters. The Labute approximate surface area is 220 Å². The Morgan fingerprint density at radius 2 is 1.97 bits per heavy atom. The number of nitrogens with one attached hydrogen (secondary N) is 1. The van der Waals surface area contributed by atoms with Gasteiger partial charge in [-0.25, -0.2) is 14.6 Å². The van der Waals surface area contributed by atoms with Crippen LogP contribution < -0.4 is 11.1 Å². The number of nitrogens with two attached hydrogens (primary N) is 1. The molecule has 3 atom stereocenters. The van der Waals surface area contributed by atoms with E-state index in [-0.39, 0.29) is 28.8 Å². The minimum absolute atomic E-state index is 0.0353. The van der Waals surface area contributed by atoms with Crippen molar-refractivity contribution in [3.05, 3.63) is 22.3 Å². The molecular weight excluding hydrogens is 530 g/mol. The number of nitrogens with zero attached hydrogens (tertiary/aromatic N) is 3. The quantitative estimate of drug-likeness (QED) is 0.136. The van der Waals surface area contributed by atoms with E-state index in [1.165, 1.54) is 43.2 Å². The van der Waals surface area contributed by atoms with Crippen LogP contribution in [-0.2, 0) is 38.2 Å². The zero-order valence-corrected chi connectivity index (χ0v) is 22.3. The van der Waals surface area contributed by atoms with Gasteiger partial charge in [0.05, 0.1) is 12.7 Å². The van der Waals surface area contributed by atoms with Gasteiger partial charge in [-0.3, -0.25) is 14.5 Å². The number of methoxy groups -OCH3 is 1. The molecule has 14 nitrogen and oxygen atoms in total. The topological polar surface area (TPSA) is 181 Å². The van der Waals surface area contributed by atoms with Crippen molar-refractivity contribution in [3.8, 4) is 0 Å². The van der Waals surface area contributed by atoms with Crippen molar-refractivity contribution in [2.75, 3.05) is 32.3 Å². The Balaban J connectivity index is 1.74. The Morgan fingerprint density at radius 3 is 2.57 bits per heavy atom. The number of β-lactam (4-membered cyclic amide) rings is 1. The molecule has 1 saturated heterocycles. The van der Waals surface area contributed by atoms with Crippen molar-refractivity contribution in [3.63, 3.8) is 0 Å². The predicted molar refractivity (Wildman–Crippen MR) is 132 cm³/mol. The minimum Gasteiger partial charge on any atom is -0.431 e. The number of hydrogen-bond donors (Lipinski definition) is 2. The summed E-state index contributed by atoms with van der Waals surface area (Å²) in [5.41, 5.74) is 6.15. The smallest absolute Gasteiger partial charge is 0.431 e. The molecule has 1 fully saturated rings. The average molecular weight is 558 g/mol. The second-order valence-corrected chi connectivity index (χ2v) is 9.94. The van der Waals surface area contributed by atoms with Crippen molar-refractivity contribution >= 4 is 57.9 Å². The Kier molecular flexibility index (Phi) is 9.34. The maximum Gasteiger partial charge on any atom is 0.511 e. The van der Waals surface area contributed by atoms with Gasteiger partial charge in [0, 0.05) is 25.2 Å². The zero-order valence-electron chi connectivity index (χ0n) is 20.7. The second-order valence-electron chi connectivity index (χ2n) is 7.95. The lowest BCUT2D eigenvalue weighted by atomic mass is 10.0. The highest BCUT2D eigenvalue weighted by molar-refractivity contribution is 8.00. The van der Waals surface area contributed by atoms with Crippen molar-refractivity contribution in [1.82, 2.24) is 15.2 Å². The number of fused-ring (bicyclic) bond motifs is 1. The molecule has 2 amide bonds. The molecule has 3 heterocycles. The third-order valence-electron chi connectivity index (χ3n) is 4.88. The monoisotopic (exact) mass is 557 g/mol. The van der Waals surface area contributed by atoms with Crippen LogP contribution in [0.15, 0.2) is 21.8 Å². The van der Waals surface area contributed by atoms with Crippen LogP contribution in [0.25, 0.3) is 0 Å². The first-order valence-electron chi connectivity index (χ1n) is 10.9. The Morgan fingerprint density at radius 1 is 1.24 bits per heavy atom. The number of esters is 1. The number of aromatic nitrogens is 1. The standard InChI is InChI=1S/C21H27N5O9S2/c1-9(2)33-21(30)35-10(3)34-19(29)15-11(6-31-4)7-36-18-14(17(28)26(15)18)24-16(27)13(25-32-5)12-8-37-20(22)23-12/h8-10,14,18H,6-7H2,1-5H3,(H2,22,23)(H,24,27)/b25-13+/t10-,14+,18+/m0/s1. The van der Waals surface area contributed by atoms with Gasteiger partial charge in [0.2, 0.25) is 6.29 Å². The zero-order chi connectivity index (χ0) is 27.3. The van der Waals surface area contributed by atoms with E-state index >= 15 is 0 Å². The van der Waals surface area contributed by atoms with Gasteiger partial charge in [-0.05, 0) is 19.4 Å². The highest BCUT2D eigenvalue weighted by Gasteiger charge is 2.55. The summed E-state index contributed by atoms with van der Waals surface area (Å²) in [5.74, 6) is -1.81. The van der Waals surface area contributed by atoms with Crippen LogP contribution >= 0.6 is 23.1 Å². The molecule has 3 N–H and O–H groups in total. The molecule has 0 aliphatic carbocycles. The number of hydrogen-bond acceptors (Lipinski definition) is 14. The molecule has 0 saturated carbocycles. The SMILES string of the molecule is COCC1=C(C(=O)O[C@H](C)OC(=O)OC(C)C)N2C(=O)[C@@H](NC(=O)/C(=N/OC)c3csc(N)n3)[C@H]2SC1. The normalized spacial score (nSPS) is 20.1. The maximum atomic E-state index is 13.1. The van der Waals surface area contributed by atoms with Crippen molar-refractivity contribution in [2.45, 2.75) is 44.6 Å². The number of oxime groups is 1. The van der Waals surface area contributed by atoms with E-state index in [1.54, 1.807) is 13.8 Å². The number of carbonyl (C=O) groups is 4. The number of carbonyl (C=O) groups excluding carboxylic acids is 4. The van der Waals surface area contributed by atoms with E-state index < -0.39 is 47.7 Å². The van der Waals surface area contributed by atoms with Gasteiger partial charge in [0.15, 0.2) is 10.8 Å². The van der Waals surface area contributed by atoms with Crippen molar-refractivity contribution in [1.29, 1.82) is 0 Å². The minimum atomic E-state index is -1.28. The van der Waals surface area contributed by atoms with Crippen LogP contribution in [0, 0.1) is 0 Å². The molecule has 0 radical (unpaired) electrons. The molecule has 2 aliphatic heterocycles. The summed E-state index contributed by atoms with van der Waals surface area (Å²) >= 11 is 2.45. The first-order valence-corrected chi connectivity index (χ1v) is 12.9. The van der Waals surface area contributed by atoms with Crippen LogP contribution in [-0.4, -0.2) is 89.9 Å². The lowest BCUT2D eigenvalue weighted by Gasteiger charge is -2.49. The maximum absolute atomic E-state index is 13.1. The summed E-state index contributed by atoms with van der Waals surface area (Å²) in [5, 5.41) is 7.49. The number of thioether (sulfide) groups is 1. The average Bonchev–Trinajstić information content (AvgIpc) is 3.25. The summed E-state index contributed by atoms with van der Waals surface area (Å²) in [7, 11) is 2.71. The highest BCUT2D eigenvalue weighted by Crippen LogP contribution is 2.41. The first-order chi connectivity index (χ1) is 17.6. The molecule has 202 valence electrons. The van der Waals surface area contributed by atoms with Crippen molar-refractivity contribution in [2.24, 2.45) is 5.16 Å². The Bertz CT molecular complexity index is 1120. The molecule has 0 aromatic carbocycles. The highest BCUT2D eigenvalue weighted by atomic mass is 32.2. The van der Waals surface area contributed by atoms with Crippen LogP contribution in [0.1, 0.15) is 26.5 Å². The summed E-state index contributed by atoms with van der Waals surface area (Å²) in [4.78, 5) is 60.8. The van der Waals surface area contributed by atoms with E-state index in [0.717, 1.165) is 11.3 Å². The van der Waals surface area contributed by atoms with Crippen molar-refractivity contribution < 1.29 is 43.0 Å². The van der Waals surface area contributed by atoms with Crippen LogP contribution in [0.2, 0.25) is 0 Å². The molecule has 3 rings (SSSR count). The molecule has 1 aromatic heterocycles. The van der Waals surface area contributed by atoms with Gasteiger partial charge in [0.1, 0.15) is 29.9 Å². The molecule has 2 aliphatic rings. The fraction of sp³-hybridized carbons (Fsp3) is 0.524. The fourth-order valence-electron chi connectivity index (χ4n) is 3.45. The number of anilines is 1. The Hall–Kier alpha value is -3.37. The fourth-order valence-corrected chi connectivity index (χ4v) is 5.32. The number of ether oxygens (including phenoxy) is 4. The van der Waals surface area contributed by atoms with Gasteiger partial charge in [-0.1, -0.05) is 5.16 Å². The first kappa shape index (κ1) is 28.2. The van der Waals surface area contributed by atoms with Gasteiger partial charge in [-0.2, -0.15) is 0 Å². The van der Waals surface area contributed by atoms with Crippen LogP contribution in [0.4, 0.5) is 9.93 Å². The van der Waals surface area contributed by atoms with Crippen LogP contribution in [0.5, 0.6) is 0 Å². The van der Waals surface area contributed by atoms with E-state index in [2.05, 4.69) is 15.5 Å². The third kappa shape index (κ3) is 6.50. The summed E-state index contributed by atoms with van der Waals surface area (Å²) in [6.45, 7) is 4.68. The molecule has 0 bridgehead atoms. The molecule has 37 heavy (non-hydrogen) atoms. The van der Waals surface area contributed by atoms with Gasteiger partial charge in [0.25, 0.3) is 11.8 Å². The third-order valence-corrected chi connectivity index (χ3v) is 6.89. The number of thiazole rings is 1. The lowest BCUT2D eigenvalue weighted by Crippen LogP contribution is -2.71. The van der Waals surface area contributed by atoms with E-state index in [0.29, 0.717) is 11.3 Å². The molecule has 0 spiro atoms. The number of rotatable bonds is 10. The summed E-state index contributed by atoms with van der Waals surface area (Å²) in [6, 6.07) is -0.961. The van der Waals surface area contributed by atoms with E-state index in [1.807, 2.05) is 0 Å². The van der Waals surface area contributed by atoms with Crippen LogP contribution in [0.3, 0.4) is 0 Å². The van der Waals surface area contributed by atoms with E-state index in [4.69, 9.17) is 29.5 Å². The summed E-state index contributed by atoms with van der Waals surface area (Å²) < 4.78 is 20.2. The predicted octanol–water partition coefficient (Wildman–Crippen LogP) is 0.827. The molecule has 1 aromatic rings. The number of nitrogen functional groups attached to an aromatic ring is 1. The summed E-state index contributed by atoms with van der Waals surface area (Å²) in [6.07, 6.45) is -2.71. The second kappa shape index (κ2) is 12.2. The largest absolute Gasteiger partial charge is 0.511 e. The van der Waals surface area contributed by atoms with Gasteiger partial charge in [-0.15, -0.1) is 23.1 Å². The lowest BCUT2D eigenvalue weighted by molar-refractivity contribution is -0.169. The molecular formula is C21H27N5O9S2. The van der Waals surface area contributed by atoms with E-state index in [9.17, 15) is 19.2 Å². The van der Waals surface area contributed by atoms with Gasteiger partial charge >= 0.3 is 12.1 Å².